The van der Waals surface area contributed by atoms with Crippen LogP contribution in [-0.2, 0) is 23.1 Å². The van der Waals surface area contributed by atoms with E-state index in [0.29, 0.717) is 19.6 Å². The number of sulfonamides is 1. The van der Waals surface area contributed by atoms with Crippen LogP contribution >= 0.6 is 0 Å². The van der Waals surface area contributed by atoms with Gasteiger partial charge in [-0.3, -0.25) is 9.36 Å². The van der Waals surface area contributed by atoms with Gasteiger partial charge in [0.25, 0.3) is 0 Å². The topological polar surface area (TPSA) is 108 Å². The lowest BCUT2D eigenvalue weighted by Gasteiger charge is -2.04. The predicted molar refractivity (Wildman–Crippen MR) is 68.7 cm³/mol. The van der Waals surface area contributed by atoms with E-state index in [9.17, 15) is 8.42 Å². The summed E-state index contributed by atoms with van der Waals surface area (Å²) in [7, 11) is -3.53. The second-order valence-electron chi connectivity index (χ2n) is 3.89. The summed E-state index contributed by atoms with van der Waals surface area (Å²) in [6, 6.07) is 1.78. The summed E-state index contributed by atoms with van der Waals surface area (Å²) in [6.07, 6.45) is 6.19. The normalized spacial score (nSPS) is 11.8. The fourth-order valence-corrected chi connectivity index (χ4v) is 2.52. The smallest absolute Gasteiger partial charge is 0.243 e. The Hall–Kier alpha value is -1.71. The van der Waals surface area contributed by atoms with E-state index in [2.05, 4.69) is 14.9 Å². The van der Waals surface area contributed by atoms with Crippen LogP contribution in [-0.4, -0.2) is 41.1 Å². The highest BCUT2D eigenvalue weighted by Gasteiger charge is 2.15. The molecule has 9 heteroatoms. The van der Waals surface area contributed by atoms with Gasteiger partial charge in [-0.25, -0.2) is 13.1 Å². The largest absolute Gasteiger partial charge is 0.329 e. The molecule has 0 aromatic carbocycles. The molecule has 2 rings (SSSR count). The summed E-state index contributed by atoms with van der Waals surface area (Å²) in [5.74, 6) is 0. The number of rotatable bonds is 7. The molecule has 0 atom stereocenters. The summed E-state index contributed by atoms with van der Waals surface area (Å²) >= 11 is 0. The van der Waals surface area contributed by atoms with Crippen LogP contribution in [0, 0.1) is 0 Å². The Bertz CT molecular complexity index is 604. The molecule has 0 aliphatic rings. The van der Waals surface area contributed by atoms with Gasteiger partial charge in [0, 0.05) is 31.7 Å². The van der Waals surface area contributed by atoms with Gasteiger partial charge in [-0.2, -0.15) is 10.2 Å². The number of nitrogens with two attached hydrogens (primary N) is 1. The molecule has 2 aromatic rings. The van der Waals surface area contributed by atoms with Crippen molar-refractivity contribution in [1.29, 1.82) is 0 Å². The van der Waals surface area contributed by atoms with Gasteiger partial charge >= 0.3 is 0 Å². The average Bonchev–Trinajstić information content (AvgIpc) is 3.00. The van der Waals surface area contributed by atoms with Gasteiger partial charge in [0.05, 0.1) is 19.3 Å². The van der Waals surface area contributed by atoms with Crippen LogP contribution in [0.1, 0.15) is 0 Å². The number of aromatic nitrogens is 4. The summed E-state index contributed by atoms with van der Waals surface area (Å²) in [5, 5.41) is 7.92. The zero-order valence-corrected chi connectivity index (χ0v) is 11.1. The average molecular weight is 284 g/mol. The molecular weight excluding hydrogens is 268 g/mol. The van der Waals surface area contributed by atoms with Crippen molar-refractivity contribution in [2.24, 2.45) is 5.73 Å². The first-order valence-electron chi connectivity index (χ1n) is 5.81. The Morgan fingerprint density at radius 2 is 2.11 bits per heavy atom. The van der Waals surface area contributed by atoms with Crippen LogP contribution < -0.4 is 10.5 Å². The van der Waals surface area contributed by atoms with E-state index >= 15 is 0 Å². The van der Waals surface area contributed by atoms with Crippen molar-refractivity contribution in [2.45, 2.75) is 18.0 Å². The van der Waals surface area contributed by atoms with E-state index in [1.807, 2.05) is 0 Å². The van der Waals surface area contributed by atoms with Gasteiger partial charge < -0.3 is 5.73 Å². The van der Waals surface area contributed by atoms with Crippen molar-refractivity contribution in [1.82, 2.24) is 24.3 Å². The third kappa shape index (κ3) is 3.63. The van der Waals surface area contributed by atoms with E-state index in [1.54, 1.807) is 23.1 Å². The molecule has 0 amide bonds. The summed E-state index contributed by atoms with van der Waals surface area (Å²) < 4.78 is 29.6. The Labute approximate surface area is 111 Å². The van der Waals surface area contributed by atoms with E-state index < -0.39 is 10.0 Å². The first-order valence-corrected chi connectivity index (χ1v) is 7.30. The molecule has 0 unspecified atom stereocenters. The van der Waals surface area contributed by atoms with Crippen LogP contribution in [0.4, 0.5) is 0 Å². The molecular formula is C10H16N6O2S. The first kappa shape index (κ1) is 13.7. The second kappa shape index (κ2) is 5.95. The summed E-state index contributed by atoms with van der Waals surface area (Å²) in [6.45, 7) is 1.64. The van der Waals surface area contributed by atoms with Gasteiger partial charge in [0.2, 0.25) is 10.0 Å². The Morgan fingerprint density at radius 1 is 1.26 bits per heavy atom. The fraction of sp³-hybridized carbons (Fsp3) is 0.400. The minimum atomic E-state index is -3.53. The summed E-state index contributed by atoms with van der Waals surface area (Å²) in [4.78, 5) is 0.140. The molecule has 0 fully saturated rings. The van der Waals surface area contributed by atoms with Crippen molar-refractivity contribution in [3.05, 3.63) is 30.9 Å². The monoisotopic (exact) mass is 284 g/mol. The molecule has 0 bridgehead atoms. The molecule has 8 nitrogen and oxygen atoms in total. The van der Waals surface area contributed by atoms with Gasteiger partial charge in [-0.1, -0.05) is 0 Å². The van der Waals surface area contributed by atoms with Crippen LogP contribution in [0.3, 0.4) is 0 Å². The fourth-order valence-electron chi connectivity index (χ4n) is 1.55. The highest BCUT2D eigenvalue weighted by Crippen LogP contribution is 2.06. The molecule has 2 aromatic heterocycles. The first-order chi connectivity index (χ1) is 9.12. The van der Waals surface area contributed by atoms with E-state index in [4.69, 9.17) is 5.73 Å². The van der Waals surface area contributed by atoms with Gasteiger partial charge in [0.1, 0.15) is 4.90 Å². The van der Waals surface area contributed by atoms with Crippen LogP contribution in [0.25, 0.3) is 0 Å². The van der Waals surface area contributed by atoms with E-state index in [0.717, 1.165) is 0 Å². The molecule has 0 aliphatic carbocycles. The molecule has 0 radical (unpaired) electrons. The Morgan fingerprint density at radius 3 is 2.79 bits per heavy atom. The zero-order valence-electron chi connectivity index (χ0n) is 10.3. The quantitative estimate of drug-likeness (QED) is 0.679. The number of nitrogens with one attached hydrogen (secondary N) is 1. The van der Waals surface area contributed by atoms with Crippen LogP contribution in [0.2, 0.25) is 0 Å². The maximum Gasteiger partial charge on any atom is 0.243 e. The minimum Gasteiger partial charge on any atom is -0.329 e. The molecule has 0 saturated carbocycles. The summed E-state index contributed by atoms with van der Waals surface area (Å²) in [5.41, 5.74) is 5.38. The Kier molecular flexibility index (Phi) is 4.30. The second-order valence-corrected chi connectivity index (χ2v) is 5.66. The molecule has 3 N–H and O–H groups in total. The minimum absolute atomic E-state index is 0.140. The Balaban J connectivity index is 1.93. The SMILES string of the molecule is NCCn1cc(S(=O)(=O)NCCn2cccn2)cn1. The maximum atomic E-state index is 12.0. The third-order valence-electron chi connectivity index (χ3n) is 2.47. The molecule has 104 valence electrons. The number of hydrogen-bond acceptors (Lipinski definition) is 5. The van der Waals surface area contributed by atoms with Gasteiger partial charge in [0.15, 0.2) is 0 Å². The van der Waals surface area contributed by atoms with Crippen molar-refractivity contribution in [3.8, 4) is 0 Å². The van der Waals surface area contributed by atoms with Crippen molar-refractivity contribution >= 4 is 10.0 Å². The van der Waals surface area contributed by atoms with Crippen LogP contribution in [0.5, 0.6) is 0 Å². The predicted octanol–water partition coefficient (Wildman–Crippen LogP) is -0.983. The van der Waals surface area contributed by atoms with Crippen LogP contribution in [0.15, 0.2) is 35.7 Å². The standard InChI is InChI=1S/C10H16N6O2S/c11-2-6-16-9-10(8-13-16)19(17,18)14-4-7-15-5-1-3-12-15/h1,3,5,8-9,14H,2,4,6-7,11H2. The number of nitrogens with zero attached hydrogens (tertiary/aromatic N) is 4. The number of hydrogen-bond donors (Lipinski definition) is 2. The molecule has 19 heavy (non-hydrogen) atoms. The lowest BCUT2D eigenvalue weighted by Crippen LogP contribution is -2.27. The van der Waals surface area contributed by atoms with E-state index in [-0.39, 0.29) is 11.4 Å². The highest BCUT2D eigenvalue weighted by molar-refractivity contribution is 7.89. The molecule has 2 heterocycles. The maximum absolute atomic E-state index is 12.0. The van der Waals surface area contributed by atoms with Crippen molar-refractivity contribution < 1.29 is 8.42 Å². The van der Waals surface area contributed by atoms with Crippen molar-refractivity contribution in [2.75, 3.05) is 13.1 Å². The lowest BCUT2D eigenvalue weighted by atomic mass is 10.6. The molecule has 0 saturated heterocycles. The highest BCUT2D eigenvalue weighted by atomic mass is 32.2. The molecule has 0 aliphatic heterocycles. The van der Waals surface area contributed by atoms with Gasteiger partial charge in [-0.05, 0) is 6.07 Å². The zero-order chi connectivity index (χ0) is 13.7. The van der Waals surface area contributed by atoms with Gasteiger partial charge in [-0.15, -0.1) is 0 Å². The molecule has 0 spiro atoms. The lowest BCUT2D eigenvalue weighted by molar-refractivity contribution is 0.560. The van der Waals surface area contributed by atoms with Crippen molar-refractivity contribution in [3.63, 3.8) is 0 Å². The van der Waals surface area contributed by atoms with E-state index in [1.165, 1.54) is 17.1 Å². The third-order valence-corrected chi connectivity index (χ3v) is 3.89.